The fourth-order valence-electron chi connectivity index (χ4n) is 1.79. The summed E-state index contributed by atoms with van der Waals surface area (Å²) in [5.74, 6) is -1.48. The van der Waals surface area contributed by atoms with E-state index in [1.807, 2.05) is 0 Å². The van der Waals surface area contributed by atoms with Crippen LogP contribution < -0.4 is 5.32 Å². The molecular weight excluding hydrogens is 357 g/mol. The fourth-order valence-corrected chi connectivity index (χ4v) is 2.18. The van der Waals surface area contributed by atoms with Crippen LogP contribution in [0.3, 0.4) is 0 Å². The van der Waals surface area contributed by atoms with Crippen molar-refractivity contribution in [2.45, 2.75) is 12.7 Å². The van der Waals surface area contributed by atoms with E-state index in [2.05, 4.69) is 21.2 Å². The lowest BCUT2D eigenvalue weighted by Crippen LogP contribution is -2.12. The average Bonchev–Trinajstić information content (AvgIpc) is 2.40. The number of anilines is 1. The van der Waals surface area contributed by atoms with Crippen molar-refractivity contribution in [2.75, 3.05) is 5.32 Å². The van der Waals surface area contributed by atoms with Crippen LogP contribution in [-0.2, 0) is 12.7 Å². The first-order chi connectivity index (χ1) is 9.77. The van der Waals surface area contributed by atoms with Gasteiger partial charge in [0.15, 0.2) is 0 Å². The maximum atomic E-state index is 13.1. The predicted octanol–water partition coefficient (Wildman–Crippen LogP) is 5.36. The first kappa shape index (κ1) is 15.8. The standard InChI is InChI=1S/C14H9BrF5N/c15-12-4-3-10(17)6-13(12)21-7-8-1-2-9(16)5-11(8)14(18,19)20/h1-6,21H,7H2. The van der Waals surface area contributed by atoms with Crippen LogP contribution in [0, 0.1) is 11.6 Å². The third-order valence-corrected chi connectivity index (χ3v) is 3.47. The van der Waals surface area contributed by atoms with Crippen LogP contribution in [0.2, 0.25) is 0 Å². The number of halogens is 6. The zero-order chi connectivity index (χ0) is 15.6. The summed E-state index contributed by atoms with van der Waals surface area (Å²) < 4.78 is 65.1. The van der Waals surface area contributed by atoms with Crippen LogP contribution in [0.25, 0.3) is 0 Å². The van der Waals surface area contributed by atoms with Crippen molar-refractivity contribution >= 4 is 21.6 Å². The van der Waals surface area contributed by atoms with E-state index in [0.717, 1.165) is 18.2 Å². The molecule has 0 heterocycles. The molecule has 0 atom stereocenters. The highest BCUT2D eigenvalue weighted by Crippen LogP contribution is 2.33. The monoisotopic (exact) mass is 365 g/mol. The first-order valence-electron chi connectivity index (χ1n) is 5.82. The Morgan fingerprint density at radius 1 is 0.952 bits per heavy atom. The van der Waals surface area contributed by atoms with Gasteiger partial charge in [-0.25, -0.2) is 8.78 Å². The van der Waals surface area contributed by atoms with Crippen LogP contribution in [0.1, 0.15) is 11.1 Å². The van der Waals surface area contributed by atoms with E-state index in [9.17, 15) is 22.0 Å². The Balaban J connectivity index is 2.26. The molecule has 2 aromatic carbocycles. The van der Waals surface area contributed by atoms with Gasteiger partial charge in [0, 0.05) is 11.0 Å². The topological polar surface area (TPSA) is 12.0 Å². The number of hydrogen-bond donors (Lipinski definition) is 1. The number of nitrogens with one attached hydrogen (secondary N) is 1. The molecule has 0 bridgehead atoms. The Kier molecular flexibility index (Phi) is 4.51. The zero-order valence-electron chi connectivity index (χ0n) is 10.4. The lowest BCUT2D eigenvalue weighted by molar-refractivity contribution is -0.138. The highest BCUT2D eigenvalue weighted by molar-refractivity contribution is 9.10. The third-order valence-electron chi connectivity index (χ3n) is 2.78. The van der Waals surface area contributed by atoms with Crippen molar-refractivity contribution < 1.29 is 22.0 Å². The summed E-state index contributed by atoms with van der Waals surface area (Å²) in [5.41, 5.74) is -0.866. The molecule has 112 valence electrons. The Labute approximate surface area is 125 Å². The molecule has 0 unspecified atom stereocenters. The van der Waals surface area contributed by atoms with Gasteiger partial charge in [-0.1, -0.05) is 6.07 Å². The van der Waals surface area contributed by atoms with Crippen molar-refractivity contribution in [1.82, 2.24) is 0 Å². The molecule has 0 aromatic heterocycles. The van der Waals surface area contributed by atoms with Gasteiger partial charge in [0.25, 0.3) is 0 Å². The molecule has 0 aliphatic carbocycles. The molecule has 0 fully saturated rings. The molecule has 0 radical (unpaired) electrons. The number of hydrogen-bond acceptors (Lipinski definition) is 1. The summed E-state index contributed by atoms with van der Waals surface area (Å²) in [5, 5.41) is 2.69. The third kappa shape index (κ3) is 3.93. The highest BCUT2D eigenvalue weighted by atomic mass is 79.9. The smallest absolute Gasteiger partial charge is 0.380 e. The molecule has 0 aliphatic heterocycles. The summed E-state index contributed by atoms with van der Waals surface area (Å²) in [6.07, 6.45) is -4.65. The SMILES string of the molecule is Fc1ccc(Br)c(NCc2ccc(F)cc2C(F)(F)F)c1. The van der Waals surface area contributed by atoms with Crippen LogP contribution >= 0.6 is 15.9 Å². The molecule has 0 spiro atoms. The number of rotatable bonds is 3. The molecular formula is C14H9BrF5N. The van der Waals surface area contributed by atoms with Crippen LogP contribution in [0.15, 0.2) is 40.9 Å². The van der Waals surface area contributed by atoms with Crippen molar-refractivity contribution in [2.24, 2.45) is 0 Å². The molecule has 1 N–H and O–H groups in total. The van der Waals surface area contributed by atoms with Gasteiger partial charge < -0.3 is 5.32 Å². The average molecular weight is 366 g/mol. The van der Waals surface area contributed by atoms with E-state index in [4.69, 9.17) is 0 Å². The summed E-state index contributed by atoms with van der Waals surface area (Å²) in [6.45, 7) is -0.211. The molecule has 2 rings (SSSR count). The summed E-state index contributed by atoms with van der Waals surface area (Å²) in [7, 11) is 0. The minimum atomic E-state index is -4.65. The minimum absolute atomic E-state index is 0.125. The lowest BCUT2D eigenvalue weighted by atomic mass is 10.1. The molecule has 0 amide bonds. The highest BCUT2D eigenvalue weighted by Gasteiger charge is 2.33. The molecule has 2 aromatic rings. The van der Waals surface area contributed by atoms with Crippen molar-refractivity contribution in [3.05, 3.63) is 63.6 Å². The van der Waals surface area contributed by atoms with E-state index in [0.29, 0.717) is 16.2 Å². The lowest BCUT2D eigenvalue weighted by Gasteiger charge is -2.15. The molecule has 0 aliphatic rings. The molecule has 0 saturated heterocycles. The summed E-state index contributed by atoms with van der Waals surface area (Å²) >= 11 is 3.16. The Morgan fingerprint density at radius 2 is 1.57 bits per heavy atom. The van der Waals surface area contributed by atoms with Gasteiger partial charge in [0.1, 0.15) is 11.6 Å². The second-order valence-electron chi connectivity index (χ2n) is 4.28. The van der Waals surface area contributed by atoms with Crippen molar-refractivity contribution in [3.63, 3.8) is 0 Å². The van der Waals surface area contributed by atoms with E-state index < -0.39 is 23.4 Å². The zero-order valence-corrected chi connectivity index (χ0v) is 12.0. The quantitative estimate of drug-likeness (QED) is 0.722. The first-order valence-corrected chi connectivity index (χ1v) is 6.61. The largest absolute Gasteiger partial charge is 0.416 e. The van der Waals surface area contributed by atoms with Crippen LogP contribution in [0.5, 0.6) is 0 Å². The maximum Gasteiger partial charge on any atom is 0.416 e. The van der Waals surface area contributed by atoms with Crippen LogP contribution in [0.4, 0.5) is 27.6 Å². The summed E-state index contributed by atoms with van der Waals surface area (Å²) in [4.78, 5) is 0. The predicted molar refractivity (Wildman–Crippen MR) is 72.8 cm³/mol. The van der Waals surface area contributed by atoms with Crippen molar-refractivity contribution in [1.29, 1.82) is 0 Å². The van der Waals surface area contributed by atoms with Crippen molar-refractivity contribution in [3.8, 4) is 0 Å². The minimum Gasteiger partial charge on any atom is -0.380 e. The molecule has 1 nitrogen and oxygen atoms in total. The van der Waals surface area contributed by atoms with Gasteiger partial charge in [-0.15, -0.1) is 0 Å². The second kappa shape index (κ2) is 6.01. The fraction of sp³-hybridized carbons (Fsp3) is 0.143. The van der Waals surface area contributed by atoms with Gasteiger partial charge >= 0.3 is 6.18 Å². The number of alkyl halides is 3. The Bertz CT molecular complexity index is 654. The van der Waals surface area contributed by atoms with Gasteiger partial charge in [-0.05, 0) is 51.8 Å². The van der Waals surface area contributed by atoms with Crippen LogP contribution in [-0.4, -0.2) is 0 Å². The summed E-state index contributed by atoms with van der Waals surface area (Å²) in [6, 6.07) is 6.25. The second-order valence-corrected chi connectivity index (χ2v) is 5.13. The van der Waals surface area contributed by atoms with Gasteiger partial charge in [-0.2, -0.15) is 13.2 Å². The van der Waals surface area contributed by atoms with E-state index in [1.54, 1.807) is 0 Å². The molecule has 0 saturated carbocycles. The van der Waals surface area contributed by atoms with Gasteiger partial charge in [0.2, 0.25) is 0 Å². The maximum absolute atomic E-state index is 13.1. The molecule has 21 heavy (non-hydrogen) atoms. The number of benzene rings is 2. The Hall–Kier alpha value is -1.63. The van der Waals surface area contributed by atoms with E-state index in [1.165, 1.54) is 12.1 Å². The molecule has 7 heteroatoms. The van der Waals surface area contributed by atoms with Gasteiger partial charge in [-0.3, -0.25) is 0 Å². The van der Waals surface area contributed by atoms with E-state index >= 15 is 0 Å². The van der Waals surface area contributed by atoms with Gasteiger partial charge in [0.05, 0.1) is 11.3 Å². The Morgan fingerprint density at radius 3 is 2.24 bits per heavy atom. The van der Waals surface area contributed by atoms with E-state index in [-0.39, 0.29) is 12.1 Å². The normalized spacial score (nSPS) is 11.5.